The fourth-order valence-electron chi connectivity index (χ4n) is 1.74. The van der Waals surface area contributed by atoms with Crippen molar-refractivity contribution < 1.29 is 34.8 Å². The maximum absolute atomic E-state index is 11.4. The predicted molar refractivity (Wildman–Crippen MR) is 87.3 cm³/mol. The van der Waals surface area contributed by atoms with Crippen LogP contribution in [-0.4, -0.2) is 68.9 Å². The maximum Gasteiger partial charge on any atom is 0.407 e. The fraction of sp³-hybridized carbons (Fsp3) is 0.750. The number of alkyl carbamates (subject to hydrolysis) is 1. The monoisotopic (exact) mass is 347 g/mol. The molecule has 0 spiro atoms. The summed E-state index contributed by atoms with van der Waals surface area (Å²) in [5, 5.41) is 41.5. The third-order valence-electron chi connectivity index (χ3n) is 3.14. The first-order chi connectivity index (χ1) is 10.8. The molecule has 140 valence electrons. The highest BCUT2D eigenvalue weighted by atomic mass is 16.6. The number of nitrogens with one attached hydrogen (secondary N) is 1. The van der Waals surface area contributed by atoms with E-state index in [9.17, 15) is 30.0 Å². The Kier molecular flexibility index (Phi) is 9.13. The Morgan fingerprint density at radius 2 is 1.58 bits per heavy atom. The highest BCUT2D eigenvalue weighted by molar-refractivity contribution is 5.94. The smallest absolute Gasteiger partial charge is 0.407 e. The van der Waals surface area contributed by atoms with Gasteiger partial charge in [-0.3, -0.25) is 4.79 Å². The molecule has 4 unspecified atom stereocenters. The molecule has 0 aliphatic carbocycles. The number of hydrogen-bond acceptors (Lipinski definition) is 7. The lowest BCUT2D eigenvalue weighted by molar-refractivity contribution is -0.119. The molecular formula is C16H29NO7. The molecule has 0 aliphatic rings. The van der Waals surface area contributed by atoms with Crippen LogP contribution in [0.4, 0.5) is 4.79 Å². The number of carbonyl (C=O) groups excluding carboxylic acids is 2. The van der Waals surface area contributed by atoms with Crippen LogP contribution in [0.3, 0.4) is 0 Å². The molecule has 5 N–H and O–H groups in total. The van der Waals surface area contributed by atoms with Gasteiger partial charge in [-0.05, 0) is 39.7 Å². The maximum atomic E-state index is 11.4. The van der Waals surface area contributed by atoms with Gasteiger partial charge >= 0.3 is 6.09 Å². The molecule has 0 heterocycles. The minimum Gasteiger partial charge on any atom is -0.444 e. The zero-order chi connectivity index (χ0) is 19.1. The number of allylic oxidation sites excluding steroid dienone is 1. The zero-order valence-corrected chi connectivity index (χ0v) is 14.7. The first kappa shape index (κ1) is 22.5. The Morgan fingerprint density at radius 3 is 2.04 bits per heavy atom. The average Bonchev–Trinajstić information content (AvgIpc) is 2.46. The number of Topliss-reactive ketones (excluding diaryl/α,β-unsaturated/α-hetero) is 1. The molecule has 0 aromatic carbocycles. The third-order valence-corrected chi connectivity index (χ3v) is 3.14. The van der Waals surface area contributed by atoms with E-state index in [1.165, 1.54) is 6.92 Å². The molecule has 8 nitrogen and oxygen atoms in total. The lowest BCUT2D eigenvalue weighted by atomic mass is 9.97. The van der Waals surface area contributed by atoms with Crippen molar-refractivity contribution in [2.45, 2.75) is 70.6 Å². The molecule has 0 radical (unpaired) electrons. The van der Waals surface area contributed by atoms with Crippen LogP contribution >= 0.6 is 0 Å². The van der Waals surface area contributed by atoms with Crippen molar-refractivity contribution in [2.24, 2.45) is 0 Å². The molecule has 0 aromatic heterocycles. The van der Waals surface area contributed by atoms with E-state index in [0.29, 0.717) is 5.57 Å². The Hall–Kier alpha value is -1.48. The van der Waals surface area contributed by atoms with Crippen LogP contribution in [0.2, 0.25) is 0 Å². The molecule has 0 fully saturated rings. The van der Waals surface area contributed by atoms with E-state index < -0.39 is 36.1 Å². The highest BCUT2D eigenvalue weighted by Crippen LogP contribution is 2.12. The number of aliphatic hydroxyl groups excluding tert-OH is 4. The number of ether oxygens (including phenoxy) is 1. The molecule has 0 aliphatic heterocycles. The van der Waals surface area contributed by atoms with Crippen molar-refractivity contribution >= 4 is 11.9 Å². The summed E-state index contributed by atoms with van der Waals surface area (Å²) in [5.41, 5.74) is -0.377. The van der Waals surface area contributed by atoms with Crippen molar-refractivity contribution in [1.82, 2.24) is 5.32 Å². The zero-order valence-electron chi connectivity index (χ0n) is 14.7. The van der Waals surface area contributed by atoms with E-state index in [4.69, 9.17) is 4.74 Å². The van der Waals surface area contributed by atoms with Crippen molar-refractivity contribution in [1.29, 1.82) is 0 Å². The third kappa shape index (κ3) is 8.97. The first-order valence-corrected chi connectivity index (χ1v) is 7.73. The number of carbonyl (C=O) groups is 2. The standard InChI is InChI=1S/C16H29NO7/c1-9(2)10(18)6-7-11(19)13(21)14(22)12(20)8-17-15(23)24-16(3,4)5/h11-14,19-22H,1,6-8H2,2-5H3,(H,17,23). The van der Waals surface area contributed by atoms with Crippen molar-refractivity contribution in [3.63, 3.8) is 0 Å². The molecular weight excluding hydrogens is 318 g/mol. The summed E-state index contributed by atoms with van der Waals surface area (Å²) in [4.78, 5) is 22.8. The van der Waals surface area contributed by atoms with Gasteiger partial charge in [-0.2, -0.15) is 0 Å². The minimum atomic E-state index is -1.70. The summed E-state index contributed by atoms with van der Waals surface area (Å²) in [6.07, 6.45) is -7.19. The highest BCUT2D eigenvalue weighted by Gasteiger charge is 2.31. The van der Waals surface area contributed by atoms with Gasteiger partial charge in [-0.25, -0.2) is 4.79 Å². The molecule has 0 saturated heterocycles. The molecule has 4 atom stereocenters. The van der Waals surface area contributed by atoms with Gasteiger partial charge in [0.1, 0.15) is 17.8 Å². The Morgan fingerprint density at radius 1 is 1.08 bits per heavy atom. The van der Waals surface area contributed by atoms with E-state index in [0.717, 1.165) is 0 Å². The van der Waals surface area contributed by atoms with Crippen molar-refractivity contribution in [2.75, 3.05) is 6.54 Å². The van der Waals surface area contributed by atoms with E-state index in [2.05, 4.69) is 11.9 Å². The normalized spacial score (nSPS) is 16.7. The van der Waals surface area contributed by atoms with E-state index in [-0.39, 0.29) is 25.2 Å². The summed E-state index contributed by atoms with van der Waals surface area (Å²) in [7, 11) is 0. The first-order valence-electron chi connectivity index (χ1n) is 7.73. The summed E-state index contributed by atoms with van der Waals surface area (Å²) >= 11 is 0. The molecule has 24 heavy (non-hydrogen) atoms. The summed E-state index contributed by atoms with van der Waals surface area (Å²) in [5.74, 6) is -0.261. The summed E-state index contributed by atoms with van der Waals surface area (Å²) in [6.45, 7) is 9.65. The van der Waals surface area contributed by atoms with Gasteiger partial charge in [0, 0.05) is 13.0 Å². The fourth-order valence-corrected chi connectivity index (χ4v) is 1.74. The quantitative estimate of drug-likeness (QED) is 0.367. The Labute approximate surface area is 142 Å². The van der Waals surface area contributed by atoms with Gasteiger partial charge in [0.15, 0.2) is 5.78 Å². The predicted octanol–water partition coefficient (Wildman–Crippen LogP) is -0.120. The summed E-state index contributed by atoms with van der Waals surface area (Å²) in [6, 6.07) is 0. The van der Waals surface area contributed by atoms with Crippen LogP contribution in [-0.2, 0) is 9.53 Å². The molecule has 0 bridgehead atoms. The number of ketones is 1. The average molecular weight is 347 g/mol. The van der Waals surface area contributed by atoms with E-state index in [1.54, 1.807) is 20.8 Å². The van der Waals surface area contributed by atoms with Crippen LogP contribution in [0.15, 0.2) is 12.2 Å². The van der Waals surface area contributed by atoms with Crippen molar-refractivity contribution in [3.05, 3.63) is 12.2 Å². The van der Waals surface area contributed by atoms with Gasteiger partial charge in [0.2, 0.25) is 0 Å². The minimum absolute atomic E-state index is 0.0352. The van der Waals surface area contributed by atoms with Gasteiger partial charge in [0.25, 0.3) is 0 Å². The van der Waals surface area contributed by atoms with Crippen LogP contribution in [0.5, 0.6) is 0 Å². The molecule has 0 saturated carbocycles. The Bertz CT molecular complexity index is 444. The molecule has 8 heteroatoms. The van der Waals surface area contributed by atoms with E-state index in [1.807, 2.05) is 0 Å². The largest absolute Gasteiger partial charge is 0.444 e. The lowest BCUT2D eigenvalue weighted by Gasteiger charge is -2.27. The topological polar surface area (TPSA) is 136 Å². The Balaban J connectivity index is 4.35. The van der Waals surface area contributed by atoms with Crippen LogP contribution in [0, 0.1) is 0 Å². The van der Waals surface area contributed by atoms with Crippen molar-refractivity contribution in [3.8, 4) is 0 Å². The number of amides is 1. The van der Waals surface area contributed by atoms with Gasteiger partial charge in [0.05, 0.1) is 12.2 Å². The second kappa shape index (κ2) is 9.73. The van der Waals surface area contributed by atoms with Gasteiger partial charge in [-0.1, -0.05) is 6.58 Å². The van der Waals surface area contributed by atoms with Crippen LogP contribution in [0.25, 0.3) is 0 Å². The van der Waals surface area contributed by atoms with Crippen LogP contribution in [0.1, 0.15) is 40.5 Å². The number of rotatable bonds is 9. The number of aliphatic hydroxyl groups is 4. The molecule has 1 amide bonds. The van der Waals surface area contributed by atoms with Gasteiger partial charge in [-0.15, -0.1) is 0 Å². The van der Waals surface area contributed by atoms with Gasteiger partial charge < -0.3 is 30.5 Å². The summed E-state index contributed by atoms with van der Waals surface area (Å²) < 4.78 is 4.96. The second-order valence-electron chi connectivity index (χ2n) is 6.74. The number of hydrogen-bond donors (Lipinski definition) is 5. The van der Waals surface area contributed by atoms with E-state index >= 15 is 0 Å². The van der Waals surface area contributed by atoms with Crippen LogP contribution < -0.4 is 5.32 Å². The second-order valence-corrected chi connectivity index (χ2v) is 6.74. The SMILES string of the molecule is C=C(C)C(=O)CCC(O)C(O)C(O)C(O)CNC(=O)OC(C)(C)C. The lowest BCUT2D eigenvalue weighted by Crippen LogP contribution is -2.49. The molecule has 0 aromatic rings. The molecule has 0 rings (SSSR count).